The van der Waals surface area contributed by atoms with Gasteiger partial charge in [0, 0.05) is 10.4 Å². The summed E-state index contributed by atoms with van der Waals surface area (Å²) < 4.78 is 0. The van der Waals surface area contributed by atoms with Gasteiger partial charge < -0.3 is 0 Å². The predicted molar refractivity (Wildman–Crippen MR) is 66.9 cm³/mol. The third-order valence-corrected chi connectivity index (χ3v) is 4.26. The van der Waals surface area contributed by atoms with Gasteiger partial charge in [0.15, 0.2) is 0 Å². The maximum Gasteiger partial charge on any atom is 0.0409 e. The SMILES string of the molecule is CC1(C)c2cscc2-c2ccc(Cl)cc21. The van der Waals surface area contributed by atoms with Crippen LogP contribution in [-0.2, 0) is 5.41 Å². The molecule has 2 heteroatoms. The van der Waals surface area contributed by atoms with Crippen LogP contribution in [0.25, 0.3) is 11.1 Å². The van der Waals surface area contributed by atoms with Gasteiger partial charge >= 0.3 is 0 Å². The summed E-state index contributed by atoms with van der Waals surface area (Å²) in [5, 5.41) is 5.32. The van der Waals surface area contributed by atoms with Gasteiger partial charge in [-0.05, 0) is 45.1 Å². The van der Waals surface area contributed by atoms with Crippen LogP contribution in [0.4, 0.5) is 0 Å². The average Bonchev–Trinajstić information content (AvgIpc) is 2.72. The van der Waals surface area contributed by atoms with Gasteiger partial charge in [-0.15, -0.1) is 0 Å². The summed E-state index contributed by atoms with van der Waals surface area (Å²) in [6.07, 6.45) is 0. The lowest BCUT2D eigenvalue weighted by Gasteiger charge is -2.20. The van der Waals surface area contributed by atoms with Crippen molar-refractivity contribution in [2.45, 2.75) is 19.3 Å². The molecule has 0 nitrogen and oxygen atoms in total. The highest BCUT2D eigenvalue weighted by Crippen LogP contribution is 2.50. The highest BCUT2D eigenvalue weighted by Gasteiger charge is 2.35. The summed E-state index contributed by atoms with van der Waals surface area (Å²) in [4.78, 5) is 0. The fourth-order valence-electron chi connectivity index (χ4n) is 2.40. The van der Waals surface area contributed by atoms with Gasteiger partial charge in [-0.1, -0.05) is 31.5 Å². The quantitative estimate of drug-likeness (QED) is 0.620. The maximum atomic E-state index is 6.06. The van der Waals surface area contributed by atoms with Crippen LogP contribution >= 0.6 is 22.9 Å². The summed E-state index contributed by atoms with van der Waals surface area (Å²) in [6.45, 7) is 4.53. The highest BCUT2D eigenvalue weighted by atomic mass is 35.5. The van der Waals surface area contributed by atoms with Gasteiger partial charge in [0.05, 0.1) is 0 Å². The Morgan fingerprint density at radius 2 is 1.87 bits per heavy atom. The fourth-order valence-corrected chi connectivity index (χ4v) is 3.59. The van der Waals surface area contributed by atoms with Crippen LogP contribution < -0.4 is 0 Å². The molecule has 1 aromatic heterocycles. The van der Waals surface area contributed by atoms with Gasteiger partial charge in [-0.25, -0.2) is 0 Å². The van der Waals surface area contributed by atoms with E-state index in [0.717, 1.165) is 5.02 Å². The first-order valence-corrected chi connectivity index (χ1v) is 6.30. The molecule has 0 saturated carbocycles. The van der Waals surface area contributed by atoms with Crippen molar-refractivity contribution in [2.24, 2.45) is 0 Å². The van der Waals surface area contributed by atoms with E-state index in [4.69, 9.17) is 11.6 Å². The first-order chi connectivity index (χ1) is 7.10. The molecule has 0 saturated heterocycles. The van der Waals surface area contributed by atoms with Crippen molar-refractivity contribution >= 4 is 22.9 Å². The fraction of sp³-hybridized carbons (Fsp3) is 0.231. The summed E-state index contributed by atoms with van der Waals surface area (Å²) in [5.74, 6) is 0. The molecule has 1 aromatic carbocycles. The van der Waals surface area contributed by atoms with Gasteiger partial charge in [-0.2, -0.15) is 11.3 Å². The number of benzene rings is 1. The molecule has 0 unspecified atom stereocenters. The lowest BCUT2D eigenvalue weighted by Crippen LogP contribution is -2.14. The highest BCUT2D eigenvalue weighted by molar-refractivity contribution is 7.08. The normalized spacial score (nSPS) is 16.2. The van der Waals surface area contributed by atoms with Crippen LogP contribution in [0.3, 0.4) is 0 Å². The molecular formula is C13H11ClS. The number of hydrogen-bond acceptors (Lipinski definition) is 1. The van der Waals surface area contributed by atoms with Crippen LogP contribution in [0.2, 0.25) is 5.02 Å². The Labute approximate surface area is 98.5 Å². The van der Waals surface area contributed by atoms with Gasteiger partial charge in [0.25, 0.3) is 0 Å². The molecule has 2 aromatic rings. The molecule has 0 aliphatic heterocycles. The molecule has 0 radical (unpaired) electrons. The Balaban J connectivity index is 2.39. The van der Waals surface area contributed by atoms with Crippen molar-refractivity contribution < 1.29 is 0 Å². The lowest BCUT2D eigenvalue weighted by molar-refractivity contribution is 0.662. The first kappa shape index (κ1) is 9.44. The molecule has 1 aliphatic rings. The Kier molecular flexibility index (Phi) is 1.80. The van der Waals surface area contributed by atoms with Crippen LogP contribution in [0.15, 0.2) is 29.0 Å². The Morgan fingerprint density at radius 1 is 1.07 bits per heavy atom. The third-order valence-electron chi connectivity index (χ3n) is 3.28. The van der Waals surface area contributed by atoms with Crippen molar-refractivity contribution in [3.8, 4) is 11.1 Å². The Hall–Kier alpha value is -0.790. The maximum absolute atomic E-state index is 6.06. The zero-order valence-corrected chi connectivity index (χ0v) is 10.2. The lowest BCUT2D eigenvalue weighted by atomic mass is 9.84. The second-order valence-electron chi connectivity index (χ2n) is 4.51. The summed E-state index contributed by atoms with van der Waals surface area (Å²) >= 11 is 7.84. The molecule has 0 N–H and O–H groups in total. The van der Waals surface area contributed by atoms with Crippen molar-refractivity contribution in [2.75, 3.05) is 0 Å². The standard InChI is InChI=1S/C13H11ClS/c1-13(2)11-5-8(14)3-4-9(11)10-6-15-7-12(10)13/h3-7H,1-2H3. The second-order valence-corrected chi connectivity index (χ2v) is 5.69. The van der Waals surface area contributed by atoms with Crippen molar-refractivity contribution in [3.63, 3.8) is 0 Å². The monoisotopic (exact) mass is 234 g/mol. The van der Waals surface area contributed by atoms with Crippen molar-refractivity contribution in [1.82, 2.24) is 0 Å². The molecule has 3 rings (SSSR count). The minimum Gasteiger partial charge on any atom is -0.151 e. The molecule has 1 heterocycles. The Bertz CT molecular complexity index is 537. The summed E-state index contributed by atoms with van der Waals surface area (Å²) in [5.41, 5.74) is 5.63. The van der Waals surface area contributed by atoms with E-state index in [1.165, 1.54) is 22.3 Å². The van der Waals surface area contributed by atoms with E-state index in [9.17, 15) is 0 Å². The van der Waals surface area contributed by atoms with E-state index >= 15 is 0 Å². The van der Waals surface area contributed by atoms with Gasteiger partial charge in [-0.3, -0.25) is 0 Å². The predicted octanol–water partition coefficient (Wildman–Crippen LogP) is 4.71. The number of hydrogen-bond donors (Lipinski definition) is 0. The molecule has 1 aliphatic carbocycles. The number of rotatable bonds is 0. The third kappa shape index (κ3) is 1.14. The molecule has 76 valence electrons. The summed E-state index contributed by atoms with van der Waals surface area (Å²) in [7, 11) is 0. The van der Waals surface area contributed by atoms with E-state index in [1.54, 1.807) is 11.3 Å². The van der Waals surface area contributed by atoms with Crippen molar-refractivity contribution in [3.05, 3.63) is 45.1 Å². The van der Waals surface area contributed by atoms with Crippen LogP contribution in [-0.4, -0.2) is 0 Å². The first-order valence-electron chi connectivity index (χ1n) is 4.98. The molecule has 0 spiro atoms. The van der Waals surface area contributed by atoms with Crippen LogP contribution in [0.1, 0.15) is 25.0 Å². The van der Waals surface area contributed by atoms with Crippen LogP contribution in [0, 0.1) is 0 Å². The summed E-state index contributed by atoms with van der Waals surface area (Å²) in [6, 6.07) is 6.21. The van der Waals surface area contributed by atoms with Crippen molar-refractivity contribution in [1.29, 1.82) is 0 Å². The van der Waals surface area contributed by atoms with E-state index in [1.807, 2.05) is 6.07 Å². The minimum absolute atomic E-state index is 0.107. The topological polar surface area (TPSA) is 0 Å². The molecule has 15 heavy (non-hydrogen) atoms. The molecular weight excluding hydrogens is 224 g/mol. The zero-order valence-electron chi connectivity index (χ0n) is 8.67. The molecule has 0 bridgehead atoms. The second kappa shape index (κ2) is 2.87. The smallest absolute Gasteiger partial charge is 0.0409 e. The molecule has 0 atom stereocenters. The number of fused-ring (bicyclic) bond motifs is 3. The van der Waals surface area contributed by atoms with E-state index < -0.39 is 0 Å². The largest absolute Gasteiger partial charge is 0.151 e. The minimum atomic E-state index is 0.107. The molecule has 0 amide bonds. The van der Waals surface area contributed by atoms with E-state index in [0.29, 0.717) is 0 Å². The Morgan fingerprint density at radius 3 is 2.67 bits per heavy atom. The zero-order chi connectivity index (χ0) is 10.6. The van der Waals surface area contributed by atoms with Gasteiger partial charge in [0.1, 0.15) is 0 Å². The van der Waals surface area contributed by atoms with E-state index in [-0.39, 0.29) is 5.41 Å². The number of thiophene rings is 1. The average molecular weight is 235 g/mol. The van der Waals surface area contributed by atoms with Crippen LogP contribution in [0.5, 0.6) is 0 Å². The number of halogens is 1. The van der Waals surface area contributed by atoms with E-state index in [2.05, 4.69) is 36.7 Å². The molecule has 0 fully saturated rings. The van der Waals surface area contributed by atoms with Gasteiger partial charge in [0.2, 0.25) is 0 Å².